The lowest BCUT2D eigenvalue weighted by molar-refractivity contribution is -0.140. The first-order valence-electron chi connectivity index (χ1n) is 9.32. The van der Waals surface area contributed by atoms with Crippen LogP contribution in [0.15, 0.2) is 34.0 Å². The van der Waals surface area contributed by atoms with Gasteiger partial charge in [0.05, 0.1) is 29.6 Å². The van der Waals surface area contributed by atoms with Crippen LogP contribution in [-0.4, -0.2) is 35.2 Å². The number of amides is 1. The molecule has 0 bridgehead atoms. The molecule has 3 N–H and O–H groups in total. The fourth-order valence-electron chi connectivity index (χ4n) is 3.31. The van der Waals surface area contributed by atoms with Crippen LogP contribution < -0.4 is 16.6 Å². The highest BCUT2D eigenvalue weighted by molar-refractivity contribution is 5.93. The van der Waals surface area contributed by atoms with Crippen LogP contribution in [0.3, 0.4) is 0 Å². The molecule has 0 aliphatic carbocycles. The molecule has 1 aromatic carbocycles. The number of aromatic nitrogens is 6. The summed E-state index contributed by atoms with van der Waals surface area (Å²) in [5.74, 6) is -2.09. The van der Waals surface area contributed by atoms with Crippen molar-refractivity contribution >= 4 is 22.9 Å². The first-order chi connectivity index (χ1) is 15.5. The third kappa shape index (κ3) is 3.90. The molecule has 33 heavy (non-hydrogen) atoms. The van der Waals surface area contributed by atoms with Gasteiger partial charge in [-0.15, -0.1) is 0 Å². The number of aryl methyl sites for hydroxylation is 1. The van der Waals surface area contributed by atoms with Gasteiger partial charge in [-0.1, -0.05) is 6.07 Å². The van der Waals surface area contributed by atoms with Crippen LogP contribution in [0.2, 0.25) is 0 Å². The molecule has 1 amide bonds. The number of nitrogens with zero attached hydrogens (tertiary/aromatic N) is 4. The lowest BCUT2D eigenvalue weighted by Gasteiger charge is -2.08. The van der Waals surface area contributed by atoms with Crippen LogP contribution >= 0.6 is 0 Å². The molecule has 4 aromatic rings. The Labute approximate surface area is 180 Å². The second-order valence-corrected chi connectivity index (χ2v) is 7.17. The first kappa shape index (κ1) is 22.0. The molecular weight excluding hydrogens is 450 g/mol. The molecule has 0 saturated heterocycles. The van der Waals surface area contributed by atoms with Crippen LogP contribution in [-0.2, 0) is 31.5 Å². The van der Waals surface area contributed by atoms with Gasteiger partial charge in [-0.3, -0.25) is 29.1 Å². The molecule has 0 fully saturated rings. The zero-order chi connectivity index (χ0) is 24.1. The summed E-state index contributed by atoms with van der Waals surface area (Å²) in [6, 6.07) is 2.39. The van der Waals surface area contributed by atoms with Crippen molar-refractivity contribution in [1.82, 2.24) is 29.3 Å². The van der Waals surface area contributed by atoms with Crippen LogP contribution in [0.4, 0.5) is 23.5 Å². The highest BCUT2D eigenvalue weighted by atomic mass is 19.4. The summed E-state index contributed by atoms with van der Waals surface area (Å²) in [6.07, 6.45) is -3.91. The summed E-state index contributed by atoms with van der Waals surface area (Å²) in [6.45, 7) is 0. The van der Waals surface area contributed by atoms with Gasteiger partial charge in [0, 0.05) is 19.7 Å². The van der Waals surface area contributed by atoms with Gasteiger partial charge in [0.15, 0.2) is 5.65 Å². The SMILES string of the molecule is Cn1c(=O)c2c(CC(=O)Nc3ncc(-c4ccc(C(F)(F)F)c(F)c4)[nH]3)[nH]nc2n(C)c1=O. The van der Waals surface area contributed by atoms with Crippen molar-refractivity contribution < 1.29 is 22.4 Å². The lowest BCUT2D eigenvalue weighted by atomic mass is 10.1. The smallest absolute Gasteiger partial charge is 0.324 e. The van der Waals surface area contributed by atoms with E-state index in [2.05, 4.69) is 25.5 Å². The number of H-pyrrole nitrogens is 2. The Kier molecular flexibility index (Phi) is 5.14. The second-order valence-electron chi connectivity index (χ2n) is 7.17. The topological polar surface area (TPSA) is 130 Å². The third-order valence-electron chi connectivity index (χ3n) is 4.99. The number of hydrogen-bond acceptors (Lipinski definition) is 5. The number of nitrogens with one attached hydrogen (secondary N) is 3. The maximum absolute atomic E-state index is 13.8. The summed E-state index contributed by atoms with van der Waals surface area (Å²) in [5, 5.41) is 9.02. The summed E-state index contributed by atoms with van der Waals surface area (Å²) in [7, 11) is 2.73. The Hall–Kier alpha value is -4.23. The minimum Gasteiger partial charge on any atom is -0.324 e. The molecule has 0 radical (unpaired) electrons. The number of hydrogen-bond donors (Lipinski definition) is 3. The van der Waals surface area contributed by atoms with Gasteiger partial charge < -0.3 is 4.98 Å². The highest BCUT2D eigenvalue weighted by Gasteiger charge is 2.34. The second kappa shape index (κ2) is 7.72. The van der Waals surface area contributed by atoms with Gasteiger partial charge in [0.1, 0.15) is 11.2 Å². The third-order valence-corrected chi connectivity index (χ3v) is 4.99. The van der Waals surface area contributed by atoms with Crippen molar-refractivity contribution in [1.29, 1.82) is 0 Å². The number of alkyl halides is 3. The molecule has 10 nitrogen and oxygen atoms in total. The Morgan fingerprint density at radius 2 is 1.91 bits per heavy atom. The minimum atomic E-state index is -4.82. The summed E-state index contributed by atoms with van der Waals surface area (Å²) in [4.78, 5) is 43.5. The predicted octanol–water partition coefficient (Wildman–Crippen LogP) is 1.69. The number of rotatable bonds is 4. The van der Waals surface area contributed by atoms with E-state index in [4.69, 9.17) is 0 Å². The fourth-order valence-corrected chi connectivity index (χ4v) is 3.31. The van der Waals surface area contributed by atoms with E-state index in [1.165, 1.54) is 20.3 Å². The molecule has 3 aromatic heterocycles. The quantitative estimate of drug-likeness (QED) is 0.395. The van der Waals surface area contributed by atoms with E-state index in [1.54, 1.807) is 0 Å². The molecule has 14 heteroatoms. The number of anilines is 1. The maximum atomic E-state index is 13.8. The van der Waals surface area contributed by atoms with E-state index in [0.29, 0.717) is 12.1 Å². The van der Waals surface area contributed by atoms with E-state index < -0.39 is 34.7 Å². The number of halogens is 4. The Bertz CT molecular complexity index is 1510. The van der Waals surface area contributed by atoms with E-state index >= 15 is 0 Å². The Balaban J connectivity index is 1.54. The van der Waals surface area contributed by atoms with Gasteiger partial charge in [-0.05, 0) is 12.1 Å². The van der Waals surface area contributed by atoms with Crippen molar-refractivity contribution in [2.45, 2.75) is 12.6 Å². The zero-order valence-corrected chi connectivity index (χ0v) is 17.0. The average molecular weight is 465 g/mol. The number of benzene rings is 1. The fraction of sp³-hybridized carbons (Fsp3) is 0.211. The molecule has 172 valence electrons. The number of carbonyl (C=O) groups is 1. The minimum absolute atomic E-state index is 0.0422. The molecular formula is C19H15F4N7O3. The monoisotopic (exact) mass is 465 g/mol. The van der Waals surface area contributed by atoms with Crippen molar-refractivity contribution in [3.63, 3.8) is 0 Å². The zero-order valence-electron chi connectivity index (χ0n) is 17.0. The van der Waals surface area contributed by atoms with Crippen molar-refractivity contribution in [3.8, 4) is 11.3 Å². The van der Waals surface area contributed by atoms with Crippen molar-refractivity contribution in [2.75, 3.05) is 5.32 Å². The molecule has 4 rings (SSSR count). The molecule has 0 unspecified atom stereocenters. The highest BCUT2D eigenvalue weighted by Crippen LogP contribution is 2.33. The normalized spacial score (nSPS) is 11.8. The van der Waals surface area contributed by atoms with Crippen LogP contribution in [0, 0.1) is 5.82 Å². The van der Waals surface area contributed by atoms with E-state index in [0.717, 1.165) is 15.2 Å². The van der Waals surface area contributed by atoms with E-state index in [-0.39, 0.29) is 40.4 Å². The van der Waals surface area contributed by atoms with Crippen LogP contribution in [0.5, 0.6) is 0 Å². The molecule has 0 aliphatic rings. The van der Waals surface area contributed by atoms with E-state index in [1.807, 2.05) is 0 Å². The molecule has 0 spiro atoms. The summed E-state index contributed by atoms with van der Waals surface area (Å²) >= 11 is 0. The lowest BCUT2D eigenvalue weighted by Crippen LogP contribution is -2.37. The number of fused-ring (bicyclic) bond motifs is 1. The van der Waals surface area contributed by atoms with Gasteiger partial charge in [0.2, 0.25) is 11.9 Å². The summed E-state index contributed by atoms with van der Waals surface area (Å²) in [5.41, 5.74) is -2.04. The molecule has 0 saturated carbocycles. The number of aromatic amines is 2. The van der Waals surface area contributed by atoms with Crippen LogP contribution in [0.1, 0.15) is 11.3 Å². The average Bonchev–Trinajstić information content (AvgIpc) is 3.37. The largest absolute Gasteiger partial charge is 0.419 e. The maximum Gasteiger partial charge on any atom is 0.419 e. The standard InChI is InChI=1S/C19H15F4N7O3/c1-29-15-14(16(32)30(2)18(29)33)11(27-28-15)6-13(31)26-17-24-7-12(25-17)8-3-4-9(10(20)5-8)19(21,22)23/h3-5,7H,6H2,1-2H3,(H,27,28)(H2,24,25,26,31). The first-order valence-corrected chi connectivity index (χ1v) is 9.32. The van der Waals surface area contributed by atoms with Gasteiger partial charge in [0.25, 0.3) is 5.56 Å². The molecule has 0 atom stereocenters. The van der Waals surface area contributed by atoms with Gasteiger partial charge in [-0.25, -0.2) is 14.2 Å². The predicted molar refractivity (Wildman–Crippen MR) is 108 cm³/mol. The van der Waals surface area contributed by atoms with Gasteiger partial charge in [-0.2, -0.15) is 18.3 Å². The van der Waals surface area contributed by atoms with E-state index in [9.17, 15) is 31.9 Å². The Morgan fingerprint density at radius 1 is 1.18 bits per heavy atom. The number of imidazole rings is 1. The molecule has 3 heterocycles. The number of carbonyl (C=O) groups excluding carboxylic acids is 1. The molecule has 0 aliphatic heterocycles. The van der Waals surface area contributed by atoms with Crippen LogP contribution in [0.25, 0.3) is 22.3 Å². The van der Waals surface area contributed by atoms with Crippen molar-refractivity contribution in [2.24, 2.45) is 14.1 Å². The van der Waals surface area contributed by atoms with Crippen molar-refractivity contribution in [3.05, 3.63) is 62.3 Å². The Morgan fingerprint density at radius 3 is 2.58 bits per heavy atom. The van der Waals surface area contributed by atoms with Gasteiger partial charge >= 0.3 is 11.9 Å². The summed E-state index contributed by atoms with van der Waals surface area (Å²) < 4.78 is 54.0.